The SMILES string of the molecule is CC(C)C1=C2[C@H]3CC[C@@H]4[C@@]5(C)CC[C@H](OC(=O)CC(C)(C)C(=O)O)C(C)(C)[C@@H]5CC[C@@]4(C)[C@]3(C)CC[C@@]2(C(=O)Cc2nccc(C(F)(F)F)n2)CC1=O. The van der Waals surface area contributed by atoms with Crippen LogP contribution in [0.1, 0.15) is 138 Å². The van der Waals surface area contributed by atoms with Crippen LogP contribution in [0.4, 0.5) is 13.2 Å². The minimum absolute atomic E-state index is 0.0178. The van der Waals surface area contributed by atoms with Crippen LogP contribution < -0.4 is 0 Å². The molecule has 1 heterocycles. The van der Waals surface area contributed by atoms with E-state index < -0.39 is 34.6 Å². The van der Waals surface area contributed by atoms with Crippen LogP contribution in [0.25, 0.3) is 0 Å². The number of ether oxygens (including phenoxy) is 1. The first-order valence-corrected chi connectivity index (χ1v) is 19.5. The second-order valence-corrected chi connectivity index (χ2v) is 19.4. The van der Waals surface area contributed by atoms with Crippen molar-refractivity contribution in [1.29, 1.82) is 0 Å². The highest BCUT2D eigenvalue weighted by Crippen LogP contribution is 2.77. The predicted octanol–water partition coefficient (Wildman–Crippen LogP) is 9.00. The summed E-state index contributed by atoms with van der Waals surface area (Å²) < 4.78 is 46.7. The first-order chi connectivity index (χ1) is 24.3. The van der Waals surface area contributed by atoms with Gasteiger partial charge in [-0.1, -0.05) is 48.5 Å². The third-order valence-corrected chi connectivity index (χ3v) is 15.7. The van der Waals surface area contributed by atoms with Crippen LogP contribution in [-0.2, 0) is 36.5 Å². The molecular formula is C42H57F3N2O6. The smallest absolute Gasteiger partial charge is 0.433 e. The van der Waals surface area contributed by atoms with Gasteiger partial charge in [0, 0.05) is 18.0 Å². The Hall–Kier alpha value is -3.11. The van der Waals surface area contributed by atoms with E-state index in [0.29, 0.717) is 18.8 Å². The third kappa shape index (κ3) is 6.00. The summed E-state index contributed by atoms with van der Waals surface area (Å²) in [6.45, 7) is 18.7. The molecule has 4 fully saturated rings. The van der Waals surface area contributed by atoms with Gasteiger partial charge in [0.25, 0.3) is 0 Å². The van der Waals surface area contributed by atoms with Crippen molar-refractivity contribution >= 4 is 23.5 Å². The molecule has 0 saturated heterocycles. The first-order valence-electron chi connectivity index (χ1n) is 19.5. The lowest BCUT2D eigenvalue weighted by molar-refractivity contribution is -0.233. The van der Waals surface area contributed by atoms with Crippen molar-refractivity contribution < 1.29 is 42.2 Å². The number of ketones is 2. The molecule has 8 nitrogen and oxygen atoms in total. The number of Topliss-reactive ketones (excluding diaryl/α,β-unsaturated/α-hetero) is 2. The Balaban J connectivity index is 1.31. The molecule has 0 bridgehead atoms. The number of esters is 1. The molecule has 53 heavy (non-hydrogen) atoms. The summed E-state index contributed by atoms with van der Waals surface area (Å²) in [4.78, 5) is 61.0. The van der Waals surface area contributed by atoms with Gasteiger partial charge in [-0.2, -0.15) is 13.2 Å². The molecule has 0 unspecified atom stereocenters. The molecule has 1 N–H and O–H groups in total. The predicted molar refractivity (Wildman–Crippen MR) is 191 cm³/mol. The molecule has 292 valence electrons. The number of allylic oxidation sites excluding steroid dienone is 2. The number of carboxylic acids is 1. The van der Waals surface area contributed by atoms with E-state index in [1.165, 1.54) is 13.8 Å². The monoisotopic (exact) mass is 742 g/mol. The molecule has 0 radical (unpaired) electrons. The van der Waals surface area contributed by atoms with Gasteiger partial charge in [-0.15, -0.1) is 0 Å². The van der Waals surface area contributed by atoms with E-state index in [-0.39, 0.29) is 82.2 Å². The lowest BCUT2D eigenvalue weighted by Gasteiger charge is -2.72. The minimum Gasteiger partial charge on any atom is -0.481 e. The highest BCUT2D eigenvalue weighted by molar-refractivity contribution is 6.07. The highest BCUT2D eigenvalue weighted by Gasteiger charge is 2.71. The number of carboxylic acid groups (broad SMARTS) is 1. The zero-order chi connectivity index (χ0) is 39.3. The fourth-order valence-corrected chi connectivity index (χ4v) is 12.7. The second-order valence-electron chi connectivity index (χ2n) is 19.4. The Bertz CT molecular complexity index is 1750. The second kappa shape index (κ2) is 12.7. The van der Waals surface area contributed by atoms with Crippen LogP contribution in [0.15, 0.2) is 23.4 Å². The summed E-state index contributed by atoms with van der Waals surface area (Å²) in [5, 5.41) is 9.58. The number of alkyl halides is 3. The van der Waals surface area contributed by atoms with Crippen LogP contribution in [-0.4, -0.2) is 44.7 Å². The van der Waals surface area contributed by atoms with Crippen molar-refractivity contribution in [2.24, 2.45) is 56.2 Å². The number of aliphatic carboxylic acids is 1. The molecule has 0 aromatic carbocycles. The average Bonchev–Trinajstić information content (AvgIpc) is 3.35. The molecule has 0 aliphatic heterocycles. The molecule has 11 heteroatoms. The van der Waals surface area contributed by atoms with Gasteiger partial charge < -0.3 is 9.84 Å². The Morgan fingerprint density at radius 3 is 2.25 bits per heavy atom. The van der Waals surface area contributed by atoms with Crippen LogP contribution in [0.3, 0.4) is 0 Å². The van der Waals surface area contributed by atoms with Crippen LogP contribution >= 0.6 is 0 Å². The number of carbonyl (C=O) groups excluding carboxylic acids is 3. The number of carbonyl (C=O) groups is 4. The van der Waals surface area contributed by atoms with Crippen molar-refractivity contribution in [3.05, 3.63) is 34.9 Å². The van der Waals surface area contributed by atoms with Crippen molar-refractivity contribution in [2.45, 2.75) is 145 Å². The number of hydrogen-bond donors (Lipinski definition) is 1. The molecule has 1 aromatic heterocycles. The van der Waals surface area contributed by atoms with E-state index in [0.717, 1.165) is 61.9 Å². The fraction of sp³-hybridized carbons (Fsp3) is 0.762. The van der Waals surface area contributed by atoms with E-state index in [1.807, 2.05) is 13.8 Å². The number of halogens is 3. The standard InChI is InChI=1S/C42H57F3N2O6/c1-23(2)33-25(48)21-41(29(49)20-31-46-19-14-28(47-31)42(43,44)45)18-17-39(8)24(34(33)41)10-11-27-38(7)15-13-30(53-32(50)22-36(3,4)35(51)52)37(5,6)26(38)12-16-40(27,39)9/h14,19,23-24,26-27,30H,10-13,15-18,20-22H2,1-9H3,(H,51,52)/t24-,26+,27-,30+,38+,39-,40-,41+/m1/s1. The Labute approximate surface area is 311 Å². The Morgan fingerprint density at radius 2 is 1.62 bits per heavy atom. The van der Waals surface area contributed by atoms with E-state index in [9.17, 15) is 37.5 Å². The van der Waals surface area contributed by atoms with Crippen molar-refractivity contribution in [3.63, 3.8) is 0 Å². The van der Waals surface area contributed by atoms with E-state index in [2.05, 4.69) is 44.6 Å². The highest BCUT2D eigenvalue weighted by atomic mass is 19.4. The maximum absolute atomic E-state index is 14.5. The molecule has 4 saturated carbocycles. The lowest BCUT2D eigenvalue weighted by Crippen LogP contribution is -2.66. The van der Waals surface area contributed by atoms with Crippen LogP contribution in [0.2, 0.25) is 0 Å². The summed E-state index contributed by atoms with van der Waals surface area (Å²) in [5.74, 6) is -1.48. The number of rotatable bonds is 8. The Kier molecular flexibility index (Phi) is 9.50. The Morgan fingerprint density at radius 1 is 0.943 bits per heavy atom. The number of nitrogens with zero attached hydrogens (tertiary/aromatic N) is 2. The maximum Gasteiger partial charge on any atom is 0.433 e. The van der Waals surface area contributed by atoms with E-state index >= 15 is 0 Å². The molecule has 8 atom stereocenters. The van der Waals surface area contributed by atoms with Crippen molar-refractivity contribution in [1.82, 2.24) is 9.97 Å². The average molecular weight is 743 g/mol. The van der Waals surface area contributed by atoms with Crippen LogP contribution in [0.5, 0.6) is 0 Å². The molecular weight excluding hydrogens is 685 g/mol. The minimum atomic E-state index is -4.66. The van der Waals surface area contributed by atoms with E-state index in [1.54, 1.807) is 0 Å². The lowest BCUT2D eigenvalue weighted by atomic mass is 9.33. The topological polar surface area (TPSA) is 124 Å². The van der Waals surface area contributed by atoms with Gasteiger partial charge in [-0.3, -0.25) is 19.2 Å². The quantitative estimate of drug-likeness (QED) is 0.262. The number of aromatic nitrogens is 2. The van der Waals surface area contributed by atoms with E-state index in [4.69, 9.17) is 4.74 Å². The molecule has 6 rings (SSSR count). The molecule has 0 amide bonds. The summed E-state index contributed by atoms with van der Waals surface area (Å²) in [6.07, 6.45) is 1.94. The largest absolute Gasteiger partial charge is 0.481 e. The molecule has 1 aromatic rings. The van der Waals surface area contributed by atoms with Gasteiger partial charge >= 0.3 is 18.1 Å². The summed E-state index contributed by atoms with van der Waals surface area (Å²) >= 11 is 0. The van der Waals surface area contributed by atoms with Gasteiger partial charge in [0.15, 0.2) is 11.6 Å². The van der Waals surface area contributed by atoms with Gasteiger partial charge in [-0.25, -0.2) is 9.97 Å². The normalized spacial score (nSPS) is 36.7. The zero-order valence-electron chi connectivity index (χ0n) is 32.8. The molecule has 0 spiro atoms. The summed E-state index contributed by atoms with van der Waals surface area (Å²) in [5.41, 5.74) is -2.43. The van der Waals surface area contributed by atoms with Gasteiger partial charge in [0.1, 0.15) is 17.6 Å². The van der Waals surface area contributed by atoms with Crippen molar-refractivity contribution in [3.8, 4) is 0 Å². The van der Waals surface area contributed by atoms with Gasteiger partial charge in [-0.05, 0) is 122 Å². The summed E-state index contributed by atoms with van der Waals surface area (Å²) in [6, 6.07) is 0.803. The van der Waals surface area contributed by atoms with Crippen molar-refractivity contribution in [2.75, 3.05) is 0 Å². The number of fused-ring (bicyclic) bond motifs is 7. The zero-order valence-corrected chi connectivity index (χ0v) is 32.8. The van der Waals surface area contributed by atoms with Gasteiger partial charge in [0.05, 0.1) is 23.7 Å². The third-order valence-electron chi connectivity index (χ3n) is 15.7. The molecule has 5 aliphatic carbocycles. The number of hydrogen-bond acceptors (Lipinski definition) is 7. The first kappa shape index (κ1) is 39.6. The molecule has 5 aliphatic rings. The fourth-order valence-electron chi connectivity index (χ4n) is 12.7. The summed E-state index contributed by atoms with van der Waals surface area (Å²) in [7, 11) is 0. The maximum atomic E-state index is 14.5. The van der Waals surface area contributed by atoms with Gasteiger partial charge in [0.2, 0.25) is 0 Å². The van der Waals surface area contributed by atoms with Crippen LogP contribution in [0, 0.1) is 56.2 Å².